The van der Waals surface area contributed by atoms with Gasteiger partial charge in [0.05, 0.1) is 17.3 Å². The van der Waals surface area contributed by atoms with Crippen molar-refractivity contribution in [1.29, 1.82) is 0 Å². The van der Waals surface area contributed by atoms with Crippen LogP contribution in [0.4, 0.5) is 23.2 Å². The lowest BCUT2D eigenvalue weighted by Gasteiger charge is -2.31. The molecule has 7 heteroatoms. The molecule has 0 saturated carbocycles. The molecule has 0 radical (unpaired) electrons. The minimum Gasteiger partial charge on any atom is -0.313 e. The lowest BCUT2D eigenvalue weighted by molar-refractivity contribution is -0.122. The largest absolute Gasteiger partial charge is 0.313 e. The number of aryl methyl sites for hydroxylation is 1. The molecule has 1 amide bonds. The molecule has 0 saturated heterocycles. The van der Waals surface area contributed by atoms with Crippen LogP contribution in [0.25, 0.3) is 11.1 Å². The van der Waals surface area contributed by atoms with Crippen LogP contribution < -0.4 is 4.90 Å². The zero-order valence-corrected chi connectivity index (χ0v) is 22.6. The summed E-state index contributed by atoms with van der Waals surface area (Å²) in [5, 5.41) is 0. The van der Waals surface area contributed by atoms with Crippen molar-refractivity contribution in [2.24, 2.45) is 0 Å². The second-order valence-electron chi connectivity index (χ2n) is 10.00. The maximum absolute atomic E-state index is 13.9. The molecule has 0 atom stereocenters. The second kappa shape index (κ2) is 11.7. The summed E-state index contributed by atoms with van der Waals surface area (Å²) in [4.78, 5) is 19.8. The molecule has 0 N–H and O–H groups in total. The number of aromatic nitrogens is 1. The fourth-order valence-electron chi connectivity index (χ4n) is 4.47. The Morgan fingerprint density at radius 1 is 0.825 bits per heavy atom. The maximum atomic E-state index is 13.9. The lowest BCUT2D eigenvalue weighted by atomic mass is 9.81. The highest BCUT2D eigenvalue weighted by Crippen LogP contribution is 2.37. The first-order valence-corrected chi connectivity index (χ1v) is 12.6. The van der Waals surface area contributed by atoms with E-state index in [1.165, 1.54) is 18.7 Å². The van der Waals surface area contributed by atoms with Crippen molar-refractivity contribution < 1.29 is 22.4 Å². The van der Waals surface area contributed by atoms with Crippen LogP contribution in [0, 0.1) is 18.8 Å². The number of halogens is 4. The highest BCUT2D eigenvalue weighted by atomic mass is 19.3. The Kier molecular flexibility index (Phi) is 8.39. The number of carbonyl (C=O) groups is 1. The Hall–Kier alpha value is -4.44. The molecule has 4 rings (SSSR count). The summed E-state index contributed by atoms with van der Waals surface area (Å²) in [6.45, 7) is 5.01. The number of rotatable bonds is 6. The van der Waals surface area contributed by atoms with E-state index in [9.17, 15) is 22.4 Å². The molecule has 4 aromatic rings. The van der Waals surface area contributed by atoms with Gasteiger partial charge in [0.1, 0.15) is 5.69 Å². The van der Waals surface area contributed by atoms with E-state index in [0.717, 1.165) is 34.9 Å². The molecule has 0 fully saturated rings. The predicted molar refractivity (Wildman–Crippen MR) is 150 cm³/mol. The number of hydrogen-bond acceptors (Lipinski definition) is 2. The van der Waals surface area contributed by atoms with Gasteiger partial charge in [0.15, 0.2) is 0 Å². The van der Waals surface area contributed by atoms with Crippen molar-refractivity contribution in [3.8, 4) is 23.0 Å². The van der Waals surface area contributed by atoms with Crippen molar-refractivity contribution in [3.63, 3.8) is 0 Å². The number of alkyl halides is 4. The zero-order chi connectivity index (χ0) is 29.0. The fourth-order valence-corrected chi connectivity index (χ4v) is 4.47. The van der Waals surface area contributed by atoms with Gasteiger partial charge in [-0.1, -0.05) is 48.4 Å². The van der Waals surface area contributed by atoms with Crippen LogP contribution in [0.5, 0.6) is 0 Å². The number of likely N-dealkylation sites (N-methyl/N-ethyl adjacent to an activating group) is 1. The van der Waals surface area contributed by atoms with Crippen LogP contribution in [0.2, 0.25) is 0 Å². The summed E-state index contributed by atoms with van der Waals surface area (Å²) in [6.07, 6.45) is -4.37. The summed E-state index contributed by atoms with van der Waals surface area (Å²) in [7, 11) is 1.56. The second-order valence-corrected chi connectivity index (χ2v) is 10.00. The van der Waals surface area contributed by atoms with Gasteiger partial charge in [-0.25, -0.2) is 22.5 Å². The SMILES string of the molecule is Cc1ccccc1-c1cc(C#Cc2ccccc2)ncc1N(C)C(=O)C(C)(C)c1cc(C(F)F)cc(C(F)F)c1. The molecule has 0 unspecified atom stereocenters. The third-order valence-electron chi connectivity index (χ3n) is 6.83. The van der Waals surface area contributed by atoms with Crippen LogP contribution in [0.1, 0.15) is 60.2 Å². The van der Waals surface area contributed by atoms with Gasteiger partial charge in [0, 0.05) is 29.3 Å². The van der Waals surface area contributed by atoms with E-state index in [2.05, 4.69) is 16.8 Å². The molecular formula is C33H28F4N2O. The Bertz CT molecular complexity index is 1560. The van der Waals surface area contributed by atoms with Gasteiger partial charge in [0.2, 0.25) is 5.91 Å². The van der Waals surface area contributed by atoms with Crippen molar-refractivity contribution in [2.45, 2.75) is 39.0 Å². The Balaban J connectivity index is 1.79. The van der Waals surface area contributed by atoms with Gasteiger partial charge in [-0.3, -0.25) is 4.79 Å². The van der Waals surface area contributed by atoms with Crippen molar-refractivity contribution in [2.75, 3.05) is 11.9 Å². The summed E-state index contributed by atoms with van der Waals surface area (Å²) in [5.74, 6) is 5.68. The smallest absolute Gasteiger partial charge is 0.263 e. The zero-order valence-electron chi connectivity index (χ0n) is 22.6. The Morgan fingerprint density at radius 3 is 2.02 bits per heavy atom. The number of anilines is 1. The molecule has 0 aliphatic rings. The van der Waals surface area contributed by atoms with E-state index < -0.39 is 35.3 Å². The van der Waals surface area contributed by atoms with Crippen LogP contribution in [0.15, 0.2) is 85.1 Å². The maximum Gasteiger partial charge on any atom is 0.263 e. The van der Waals surface area contributed by atoms with Gasteiger partial charge >= 0.3 is 0 Å². The van der Waals surface area contributed by atoms with E-state index in [4.69, 9.17) is 0 Å². The van der Waals surface area contributed by atoms with Gasteiger partial charge in [-0.05, 0) is 79.8 Å². The van der Waals surface area contributed by atoms with Crippen LogP contribution in [-0.2, 0) is 10.2 Å². The summed E-state index contributed by atoms with van der Waals surface area (Å²) in [6, 6.07) is 21.9. The summed E-state index contributed by atoms with van der Waals surface area (Å²) in [5.41, 5.74) is 1.88. The van der Waals surface area contributed by atoms with Crippen molar-refractivity contribution in [1.82, 2.24) is 4.98 Å². The van der Waals surface area contributed by atoms with Crippen LogP contribution in [-0.4, -0.2) is 17.9 Å². The van der Waals surface area contributed by atoms with Crippen molar-refractivity contribution >= 4 is 11.6 Å². The quantitative estimate of drug-likeness (QED) is 0.181. The first-order valence-electron chi connectivity index (χ1n) is 12.6. The third-order valence-corrected chi connectivity index (χ3v) is 6.83. The number of hydrogen-bond donors (Lipinski definition) is 0. The fraction of sp³-hybridized carbons (Fsp3) is 0.212. The normalized spacial score (nSPS) is 11.3. The average molecular weight is 545 g/mol. The van der Waals surface area contributed by atoms with Gasteiger partial charge in [-0.2, -0.15) is 0 Å². The molecule has 0 aliphatic heterocycles. The first kappa shape index (κ1) is 28.6. The monoisotopic (exact) mass is 544 g/mol. The standard InChI is InChI=1S/C33H28F4N2O/c1-21-10-8-9-13-27(21)28-19-26(15-14-22-11-6-5-7-12-22)38-20-29(28)39(4)32(40)33(2,3)25-17-23(30(34)35)16-24(18-25)31(36)37/h5-13,16-20,30-31H,1-4H3. The predicted octanol–water partition coefficient (Wildman–Crippen LogP) is 8.27. The first-order chi connectivity index (χ1) is 19.0. The number of nitrogens with zero attached hydrogens (tertiary/aromatic N) is 2. The molecule has 0 aliphatic carbocycles. The van der Waals surface area contributed by atoms with E-state index in [1.807, 2.05) is 61.5 Å². The van der Waals surface area contributed by atoms with Crippen LogP contribution >= 0.6 is 0 Å². The molecular weight excluding hydrogens is 516 g/mol. The summed E-state index contributed by atoms with van der Waals surface area (Å²) >= 11 is 0. The molecule has 1 aromatic heterocycles. The average Bonchev–Trinajstić information content (AvgIpc) is 2.95. The van der Waals surface area contributed by atoms with Gasteiger partial charge in [-0.15, -0.1) is 0 Å². The highest BCUT2D eigenvalue weighted by Gasteiger charge is 2.35. The molecule has 0 bridgehead atoms. The number of pyridine rings is 1. The minimum atomic E-state index is -2.96. The molecule has 204 valence electrons. The molecule has 1 heterocycles. The highest BCUT2D eigenvalue weighted by molar-refractivity contribution is 6.03. The molecule has 40 heavy (non-hydrogen) atoms. The number of carbonyl (C=O) groups excluding carboxylic acids is 1. The Morgan fingerprint density at radius 2 is 1.43 bits per heavy atom. The van der Waals surface area contributed by atoms with Crippen LogP contribution in [0.3, 0.4) is 0 Å². The molecule has 3 nitrogen and oxygen atoms in total. The summed E-state index contributed by atoms with van der Waals surface area (Å²) < 4.78 is 54.1. The topological polar surface area (TPSA) is 33.2 Å². The molecule has 0 spiro atoms. The van der Waals surface area contributed by atoms with E-state index in [1.54, 1.807) is 19.3 Å². The van der Waals surface area contributed by atoms with E-state index in [-0.39, 0.29) is 5.56 Å². The molecule has 3 aromatic carbocycles. The van der Waals surface area contributed by atoms with Gasteiger partial charge in [0.25, 0.3) is 12.9 Å². The minimum absolute atomic E-state index is 0.0770. The Labute approximate surface area is 231 Å². The van der Waals surface area contributed by atoms with Crippen molar-refractivity contribution in [3.05, 3.63) is 119 Å². The third kappa shape index (κ3) is 6.07. The van der Waals surface area contributed by atoms with E-state index in [0.29, 0.717) is 16.9 Å². The van der Waals surface area contributed by atoms with Gasteiger partial charge < -0.3 is 4.90 Å². The van der Waals surface area contributed by atoms with E-state index >= 15 is 0 Å². The lowest BCUT2D eigenvalue weighted by Crippen LogP contribution is -2.42. The number of benzene rings is 3. The number of amides is 1.